The summed E-state index contributed by atoms with van der Waals surface area (Å²) < 4.78 is 1.83. The number of nitrogens with one attached hydrogen (secondary N) is 1. The van der Waals surface area contributed by atoms with Gasteiger partial charge in [-0.25, -0.2) is 4.98 Å². The topological polar surface area (TPSA) is 106 Å². The first-order valence-electron chi connectivity index (χ1n) is 8.20. The van der Waals surface area contributed by atoms with Crippen molar-refractivity contribution in [1.29, 1.82) is 0 Å². The lowest BCUT2D eigenvalue weighted by Crippen LogP contribution is -2.33. The second kappa shape index (κ2) is 7.26. The molecule has 3 heterocycles. The van der Waals surface area contributed by atoms with Gasteiger partial charge in [0.25, 0.3) is 0 Å². The second-order valence-electron chi connectivity index (χ2n) is 6.08. The number of carbonyl (C=O) groups is 2. The number of hydrogen-bond acceptors (Lipinski definition) is 7. The third-order valence-corrected chi connectivity index (χ3v) is 4.91. The highest BCUT2D eigenvalue weighted by Crippen LogP contribution is 2.27. The summed E-state index contributed by atoms with van der Waals surface area (Å²) in [6.07, 6.45) is 0.973. The lowest BCUT2D eigenvalue weighted by Gasteiger charge is -2.12. The zero-order valence-corrected chi connectivity index (χ0v) is 15.3. The van der Waals surface area contributed by atoms with Crippen molar-refractivity contribution in [1.82, 2.24) is 30.3 Å². The van der Waals surface area contributed by atoms with Gasteiger partial charge in [0.1, 0.15) is 16.7 Å². The molecule has 1 atom stereocenters. The van der Waals surface area contributed by atoms with E-state index in [1.807, 2.05) is 25.5 Å². The smallest absolute Gasteiger partial charge is 0.229 e. The van der Waals surface area contributed by atoms with Crippen LogP contribution in [0, 0.1) is 26.7 Å². The molecule has 2 amide bonds. The van der Waals surface area contributed by atoms with Gasteiger partial charge in [0.15, 0.2) is 0 Å². The van der Waals surface area contributed by atoms with E-state index in [2.05, 4.69) is 25.6 Å². The Hall–Kier alpha value is -2.36. The Labute approximate surface area is 149 Å². The maximum absolute atomic E-state index is 12.3. The van der Waals surface area contributed by atoms with E-state index in [1.165, 1.54) is 11.3 Å². The van der Waals surface area contributed by atoms with Crippen LogP contribution in [0.4, 0.5) is 5.13 Å². The zero-order chi connectivity index (χ0) is 18.0. The van der Waals surface area contributed by atoms with Crippen LogP contribution >= 0.6 is 11.3 Å². The van der Waals surface area contributed by atoms with E-state index in [0.717, 1.165) is 23.1 Å². The zero-order valence-electron chi connectivity index (χ0n) is 14.5. The molecule has 0 spiro atoms. The number of carbonyl (C=O) groups excluding carboxylic acids is 2. The minimum absolute atomic E-state index is 0.0787. The fraction of sp³-hybridized carbons (Fsp3) is 0.600. The summed E-state index contributed by atoms with van der Waals surface area (Å²) in [6, 6.07) is 0. The quantitative estimate of drug-likeness (QED) is 0.754. The van der Waals surface area contributed by atoms with E-state index in [4.69, 9.17) is 0 Å². The van der Waals surface area contributed by atoms with Crippen molar-refractivity contribution in [2.24, 2.45) is 5.92 Å². The van der Waals surface area contributed by atoms with Crippen LogP contribution in [-0.4, -0.2) is 49.9 Å². The van der Waals surface area contributed by atoms with Crippen LogP contribution < -0.4 is 10.2 Å². The summed E-state index contributed by atoms with van der Waals surface area (Å²) in [7, 11) is 0. The maximum atomic E-state index is 12.3. The third-order valence-electron chi connectivity index (χ3n) is 4.05. The first kappa shape index (κ1) is 17.5. The van der Waals surface area contributed by atoms with E-state index in [-0.39, 0.29) is 24.2 Å². The van der Waals surface area contributed by atoms with Gasteiger partial charge >= 0.3 is 0 Å². The van der Waals surface area contributed by atoms with Crippen molar-refractivity contribution in [3.05, 3.63) is 16.7 Å². The predicted octanol–water partition coefficient (Wildman–Crippen LogP) is 0.614. The molecule has 2 aromatic rings. The monoisotopic (exact) mass is 363 g/mol. The van der Waals surface area contributed by atoms with Gasteiger partial charge in [0.2, 0.25) is 16.9 Å². The Morgan fingerprint density at radius 2 is 2.12 bits per heavy atom. The van der Waals surface area contributed by atoms with E-state index < -0.39 is 0 Å². The normalized spacial score (nSPS) is 17.3. The molecule has 1 unspecified atom stereocenters. The van der Waals surface area contributed by atoms with Crippen molar-refractivity contribution < 1.29 is 9.59 Å². The Morgan fingerprint density at radius 1 is 1.32 bits per heavy atom. The van der Waals surface area contributed by atoms with Crippen molar-refractivity contribution in [2.75, 3.05) is 18.0 Å². The summed E-state index contributed by atoms with van der Waals surface area (Å²) in [5.41, 5.74) is 0. The van der Waals surface area contributed by atoms with Gasteiger partial charge in [-0.05, 0) is 27.2 Å². The van der Waals surface area contributed by atoms with E-state index >= 15 is 0 Å². The van der Waals surface area contributed by atoms with Crippen LogP contribution in [-0.2, 0) is 16.1 Å². The van der Waals surface area contributed by atoms with Crippen LogP contribution in [0.3, 0.4) is 0 Å². The molecule has 0 radical (unpaired) electrons. The first-order valence-corrected chi connectivity index (χ1v) is 9.02. The molecule has 1 aliphatic rings. The molecule has 0 aromatic carbocycles. The minimum Gasteiger partial charge on any atom is -0.356 e. The second-order valence-corrected chi connectivity index (χ2v) is 7.24. The molecule has 134 valence electrons. The van der Waals surface area contributed by atoms with Crippen molar-refractivity contribution in [2.45, 2.75) is 40.2 Å². The van der Waals surface area contributed by atoms with Gasteiger partial charge in [0.05, 0.1) is 5.92 Å². The molecule has 0 bridgehead atoms. The van der Waals surface area contributed by atoms with Crippen LogP contribution in [0.1, 0.15) is 29.5 Å². The molecule has 0 aliphatic carbocycles. The molecule has 10 heteroatoms. The van der Waals surface area contributed by atoms with Gasteiger partial charge in [-0.1, -0.05) is 11.3 Å². The molecule has 1 fully saturated rings. The summed E-state index contributed by atoms with van der Waals surface area (Å²) in [4.78, 5) is 30.2. The van der Waals surface area contributed by atoms with E-state index in [0.29, 0.717) is 24.8 Å². The molecule has 9 nitrogen and oxygen atoms in total. The summed E-state index contributed by atoms with van der Waals surface area (Å²) >= 11 is 1.36. The van der Waals surface area contributed by atoms with Gasteiger partial charge in [-0.3, -0.25) is 19.2 Å². The standard InChI is InChI=1S/C15H21N7O2S/c1-9-17-10(2)22(20-9)6-4-5-16-14(24)12-7-13(23)21(8-12)15-19-18-11(3)25-15/h12H,4-8H2,1-3H3,(H,16,24). The highest BCUT2D eigenvalue weighted by Gasteiger charge is 2.36. The summed E-state index contributed by atoms with van der Waals surface area (Å²) in [5, 5.41) is 16.5. The SMILES string of the molecule is Cc1nc(C)n(CCCNC(=O)C2CC(=O)N(c3nnc(C)s3)C2)n1. The highest BCUT2D eigenvalue weighted by molar-refractivity contribution is 7.15. The molecule has 25 heavy (non-hydrogen) atoms. The van der Waals surface area contributed by atoms with Crippen molar-refractivity contribution in [3.63, 3.8) is 0 Å². The van der Waals surface area contributed by atoms with Gasteiger partial charge in [0, 0.05) is 26.1 Å². The van der Waals surface area contributed by atoms with Gasteiger partial charge < -0.3 is 5.32 Å². The number of amides is 2. The first-order chi connectivity index (χ1) is 11.9. The van der Waals surface area contributed by atoms with Gasteiger partial charge in [-0.15, -0.1) is 10.2 Å². The Kier molecular flexibility index (Phi) is 5.07. The molecule has 0 saturated carbocycles. The minimum atomic E-state index is -0.341. The molecular weight excluding hydrogens is 342 g/mol. The molecular formula is C15H21N7O2S. The van der Waals surface area contributed by atoms with Crippen LogP contribution in [0.2, 0.25) is 0 Å². The molecule has 3 rings (SSSR count). The lowest BCUT2D eigenvalue weighted by atomic mass is 10.1. The fourth-order valence-electron chi connectivity index (χ4n) is 2.82. The summed E-state index contributed by atoms with van der Waals surface area (Å²) in [5.74, 6) is 1.10. The molecule has 1 N–H and O–H groups in total. The number of rotatable bonds is 6. The summed E-state index contributed by atoms with van der Waals surface area (Å²) in [6.45, 7) is 7.21. The number of aryl methyl sites for hydroxylation is 4. The largest absolute Gasteiger partial charge is 0.356 e. The molecule has 2 aromatic heterocycles. The Balaban J connectivity index is 1.46. The van der Waals surface area contributed by atoms with Crippen LogP contribution in [0.5, 0.6) is 0 Å². The average Bonchev–Trinajstić information content (AvgIpc) is 3.23. The number of hydrogen-bond donors (Lipinski definition) is 1. The number of nitrogens with zero attached hydrogens (tertiary/aromatic N) is 6. The average molecular weight is 363 g/mol. The third kappa shape index (κ3) is 4.01. The number of aromatic nitrogens is 5. The van der Waals surface area contributed by atoms with Gasteiger partial charge in [-0.2, -0.15) is 5.10 Å². The van der Waals surface area contributed by atoms with Crippen LogP contribution in [0.25, 0.3) is 0 Å². The Morgan fingerprint density at radius 3 is 2.76 bits per heavy atom. The predicted molar refractivity (Wildman–Crippen MR) is 92.2 cm³/mol. The fourth-order valence-corrected chi connectivity index (χ4v) is 3.54. The van der Waals surface area contributed by atoms with Crippen molar-refractivity contribution in [3.8, 4) is 0 Å². The van der Waals surface area contributed by atoms with E-state index in [1.54, 1.807) is 4.90 Å². The molecule has 1 aliphatic heterocycles. The molecule has 1 saturated heterocycles. The Bertz CT molecular complexity index is 785. The van der Waals surface area contributed by atoms with Crippen molar-refractivity contribution >= 4 is 28.3 Å². The maximum Gasteiger partial charge on any atom is 0.229 e. The highest BCUT2D eigenvalue weighted by atomic mass is 32.1. The number of anilines is 1. The van der Waals surface area contributed by atoms with E-state index in [9.17, 15) is 9.59 Å². The van der Waals surface area contributed by atoms with Crippen LogP contribution in [0.15, 0.2) is 0 Å². The lowest BCUT2D eigenvalue weighted by molar-refractivity contribution is -0.126.